The summed E-state index contributed by atoms with van der Waals surface area (Å²) in [4.78, 5) is 49.1. The van der Waals surface area contributed by atoms with E-state index >= 15 is 0 Å². The highest BCUT2D eigenvalue weighted by atomic mass is 32.2. The number of aromatic carboxylic acids is 1. The van der Waals surface area contributed by atoms with Crippen LogP contribution in [0.5, 0.6) is 0 Å². The lowest BCUT2D eigenvalue weighted by Crippen LogP contribution is -2.33. The molecule has 1 saturated heterocycles. The standard InChI is InChI=1S/C18H14N2O5S/c21-15(19-13-9-5-4-8-12(13)17(23)24)10-14-16(22)20(18(25)26-14)11-6-2-1-3-7-11/h1-9,14H,10H2,(H,19,21)(H,23,24)/t14-/m0/s1. The fourth-order valence-corrected chi connectivity index (χ4v) is 3.53. The van der Waals surface area contributed by atoms with Crippen molar-refractivity contribution in [1.29, 1.82) is 0 Å². The van der Waals surface area contributed by atoms with Crippen LogP contribution in [0.25, 0.3) is 0 Å². The van der Waals surface area contributed by atoms with Gasteiger partial charge in [0.2, 0.25) is 11.8 Å². The number of thioether (sulfide) groups is 1. The zero-order valence-electron chi connectivity index (χ0n) is 13.4. The molecule has 0 bridgehead atoms. The molecule has 0 aromatic heterocycles. The van der Waals surface area contributed by atoms with Crippen LogP contribution >= 0.6 is 11.8 Å². The number of anilines is 2. The fourth-order valence-electron chi connectivity index (χ4n) is 2.55. The molecule has 8 heteroatoms. The highest BCUT2D eigenvalue weighted by molar-refractivity contribution is 8.15. The van der Waals surface area contributed by atoms with E-state index in [1.54, 1.807) is 42.5 Å². The molecule has 1 aliphatic heterocycles. The number of imide groups is 1. The summed E-state index contributed by atoms with van der Waals surface area (Å²) in [6, 6.07) is 14.5. The number of nitrogens with zero attached hydrogens (tertiary/aromatic N) is 1. The third-order valence-electron chi connectivity index (χ3n) is 3.74. The number of carboxylic acid groups (broad SMARTS) is 1. The van der Waals surface area contributed by atoms with Gasteiger partial charge in [0.15, 0.2) is 0 Å². The van der Waals surface area contributed by atoms with Gasteiger partial charge >= 0.3 is 5.97 Å². The van der Waals surface area contributed by atoms with E-state index in [0.29, 0.717) is 5.69 Å². The van der Waals surface area contributed by atoms with Crippen molar-refractivity contribution >= 4 is 46.2 Å². The smallest absolute Gasteiger partial charge is 0.337 e. The normalized spacial score (nSPS) is 16.6. The molecule has 2 aromatic carbocycles. The number of carbonyl (C=O) groups excluding carboxylic acids is 3. The van der Waals surface area contributed by atoms with Crippen molar-refractivity contribution in [3.63, 3.8) is 0 Å². The Morgan fingerprint density at radius 1 is 1.04 bits per heavy atom. The summed E-state index contributed by atoms with van der Waals surface area (Å²) in [7, 11) is 0. The molecular formula is C18H14N2O5S. The second kappa shape index (κ2) is 7.40. The fraction of sp³-hybridized carbons (Fsp3) is 0.111. The van der Waals surface area contributed by atoms with Crippen LogP contribution in [0.4, 0.5) is 16.2 Å². The van der Waals surface area contributed by atoms with Crippen molar-refractivity contribution in [1.82, 2.24) is 0 Å². The van der Waals surface area contributed by atoms with Gasteiger partial charge in [-0.15, -0.1) is 0 Å². The number of benzene rings is 2. The van der Waals surface area contributed by atoms with Gasteiger partial charge in [-0.1, -0.05) is 30.3 Å². The van der Waals surface area contributed by atoms with Crippen molar-refractivity contribution in [2.24, 2.45) is 0 Å². The predicted molar refractivity (Wildman–Crippen MR) is 97.4 cm³/mol. The van der Waals surface area contributed by atoms with Crippen LogP contribution in [-0.2, 0) is 9.59 Å². The quantitative estimate of drug-likeness (QED) is 0.839. The first-order valence-electron chi connectivity index (χ1n) is 7.69. The number of carboxylic acids is 1. The van der Waals surface area contributed by atoms with E-state index in [1.807, 2.05) is 0 Å². The van der Waals surface area contributed by atoms with Crippen molar-refractivity contribution < 1.29 is 24.3 Å². The van der Waals surface area contributed by atoms with Crippen LogP contribution < -0.4 is 10.2 Å². The molecule has 0 saturated carbocycles. The summed E-state index contributed by atoms with van der Waals surface area (Å²) in [6.07, 6.45) is -0.230. The second-order valence-electron chi connectivity index (χ2n) is 5.48. The maximum atomic E-state index is 12.5. The molecule has 1 aliphatic rings. The summed E-state index contributed by atoms with van der Waals surface area (Å²) < 4.78 is 0. The predicted octanol–water partition coefficient (Wildman–Crippen LogP) is 2.98. The second-order valence-corrected chi connectivity index (χ2v) is 6.64. The van der Waals surface area contributed by atoms with E-state index in [4.69, 9.17) is 5.11 Å². The highest BCUT2D eigenvalue weighted by Crippen LogP contribution is 2.33. The molecular weight excluding hydrogens is 356 g/mol. The minimum Gasteiger partial charge on any atom is -0.478 e. The van der Waals surface area contributed by atoms with Gasteiger partial charge in [-0.25, -0.2) is 9.69 Å². The van der Waals surface area contributed by atoms with E-state index in [9.17, 15) is 19.2 Å². The first kappa shape index (κ1) is 17.7. The van der Waals surface area contributed by atoms with E-state index in [2.05, 4.69) is 5.32 Å². The summed E-state index contributed by atoms with van der Waals surface area (Å²) >= 11 is 0.786. The summed E-state index contributed by atoms with van der Waals surface area (Å²) in [5, 5.41) is 10.3. The number of para-hydroxylation sites is 2. The van der Waals surface area contributed by atoms with Crippen LogP contribution in [0.3, 0.4) is 0 Å². The van der Waals surface area contributed by atoms with Crippen molar-refractivity contribution in [3.8, 4) is 0 Å². The number of hydrogen-bond donors (Lipinski definition) is 2. The van der Waals surface area contributed by atoms with Crippen molar-refractivity contribution in [2.75, 3.05) is 10.2 Å². The number of carbonyl (C=O) groups is 4. The summed E-state index contributed by atoms with van der Waals surface area (Å²) in [6.45, 7) is 0. The molecule has 0 radical (unpaired) electrons. The molecule has 2 N–H and O–H groups in total. The Hall–Kier alpha value is -3.13. The van der Waals surface area contributed by atoms with E-state index in [0.717, 1.165) is 16.7 Å². The molecule has 0 spiro atoms. The van der Waals surface area contributed by atoms with Gasteiger partial charge in [0.25, 0.3) is 5.24 Å². The topological polar surface area (TPSA) is 104 Å². The number of nitrogens with one attached hydrogen (secondary N) is 1. The number of rotatable bonds is 5. The zero-order valence-corrected chi connectivity index (χ0v) is 14.2. The minimum atomic E-state index is -1.17. The van der Waals surface area contributed by atoms with Gasteiger partial charge in [0.05, 0.1) is 16.9 Å². The monoisotopic (exact) mass is 370 g/mol. The Kier molecular flexibility index (Phi) is 5.04. The zero-order chi connectivity index (χ0) is 18.7. The van der Waals surface area contributed by atoms with Crippen LogP contribution in [0.1, 0.15) is 16.8 Å². The van der Waals surface area contributed by atoms with E-state index < -0.39 is 28.3 Å². The SMILES string of the molecule is O=C(C[C@@H]1SC(=O)N(c2ccccc2)C1=O)Nc1ccccc1C(=O)O. The van der Waals surface area contributed by atoms with Gasteiger partial charge in [-0.05, 0) is 36.0 Å². The van der Waals surface area contributed by atoms with Gasteiger partial charge in [-0.2, -0.15) is 0 Å². The van der Waals surface area contributed by atoms with Gasteiger partial charge in [0.1, 0.15) is 5.25 Å². The molecule has 0 unspecified atom stereocenters. The molecule has 0 aliphatic carbocycles. The Morgan fingerprint density at radius 2 is 1.69 bits per heavy atom. The first-order chi connectivity index (χ1) is 12.5. The third-order valence-corrected chi connectivity index (χ3v) is 4.78. The average Bonchev–Trinajstić information content (AvgIpc) is 2.89. The molecule has 3 rings (SSSR count). The third kappa shape index (κ3) is 3.60. The Labute approximate surface area is 153 Å². The maximum absolute atomic E-state index is 12.5. The van der Waals surface area contributed by atoms with Crippen LogP contribution in [-0.4, -0.2) is 33.4 Å². The molecule has 1 fully saturated rings. The molecule has 132 valence electrons. The Balaban J connectivity index is 1.70. The lowest BCUT2D eigenvalue weighted by molar-refractivity contribution is -0.121. The lowest BCUT2D eigenvalue weighted by atomic mass is 10.1. The highest BCUT2D eigenvalue weighted by Gasteiger charge is 2.41. The first-order valence-corrected chi connectivity index (χ1v) is 8.57. The largest absolute Gasteiger partial charge is 0.478 e. The van der Waals surface area contributed by atoms with Crippen molar-refractivity contribution in [3.05, 3.63) is 60.2 Å². The van der Waals surface area contributed by atoms with E-state index in [-0.39, 0.29) is 17.7 Å². The van der Waals surface area contributed by atoms with Crippen LogP contribution in [0, 0.1) is 0 Å². The molecule has 1 atom stereocenters. The molecule has 1 heterocycles. The number of amides is 3. The molecule has 7 nitrogen and oxygen atoms in total. The van der Waals surface area contributed by atoms with Crippen LogP contribution in [0.2, 0.25) is 0 Å². The van der Waals surface area contributed by atoms with E-state index in [1.165, 1.54) is 12.1 Å². The minimum absolute atomic E-state index is 0.0479. The Bertz CT molecular complexity index is 884. The number of hydrogen-bond acceptors (Lipinski definition) is 5. The van der Waals surface area contributed by atoms with Gasteiger partial charge in [0, 0.05) is 6.42 Å². The molecule has 26 heavy (non-hydrogen) atoms. The summed E-state index contributed by atoms with van der Waals surface area (Å²) in [5.74, 6) is -2.17. The lowest BCUT2D eigenvalue weighted by Gasteiger charge is -2.13. The average molecular weight is 370 g/mol. The van der Waals surface area contributed by atoms with Gasteiger partial charge in [-0.3, -0.25) is 14.4 Å². The summed E-state index contributed by atoms with van der Waals surface area (Å²) in [5.41, 5.74) is 0.550. The Morgan fingerprint density at radius 3 is 2.38 bits per heavy atom. The van der Waals surface area contributed by atoms with Crippen molar-refractivity contribution in [2.45, 2.75) is 11.7 Å². The molecule has 2 aromatic rings. The molecule has 3 amide bonds. The van der Waals surface area contributed by atoms with Gasteiger partial charge < -0.3 is 10.4 Å². The maximum Gasteiger partial charge on any atom is 0.337 e. The van der Waals surface area contributed by atoms with Crippen LogP contribution in [0.15, 0.2) is 54.6 Å².